The Kier molecular flexibility index (Phi) is 3.50. The lowest BCUT2D eigenvalue weighted by Gasteiger charge is -1.99. The predicted molar refractivity (Wildman–Crippen MR) is 92.3 cm³/mol. The summed E-state index contributed by atoms with van der Waals surface area (Å²) in [6, 6.07) is 9.77. The molecule has 4 aromatic rings. The summed E-state index contributed by atoms with van der Waals surface area (Å²) in [5.74, 6) is 0.312. The highest BCUT2D eigenvalue weighted by Gasteiger charge is 2.21. The van der Waals surface area contributed by atoms with E-state index in [9.17, 15) is 4.79 Å². The first-order chi connectivity index (χ1) is 11.7. The minimum atomic E-state index is -0.320. The van der Waals surface area contributed by atoms with Crippen LogP contribution in [0.5, 0.6) is 0 Å². The van der Waals surface area contributed by atoms with Gasteiger partial charge in [-0.1, -0.05) is 30.3 Å². The number of carbonyl (C=O) groups excluding carboxylic acids is 1. The third-order valence-electron chi connectivity index (χ3n) is 3.76. The van der Waals surface area contributed by atoms with Gasteiger partial charge < -0.3 is 4.74 Å². The number of rotatable bonds is 3. The summed E-state index contributed by atoms with van der Waals surface area (Å²) in [5, 5.41) is 5.34. The van der Waals surface area contributed by atoms with Crippen LogP contribution >= 0.6 is 11.3 Å². The second-order valence-corrected chi connectivity index (χ2v) is 6.27. The van der Waals surface area contributed by atoms with Crippen molar-refractivity contribution < 1.29 is 9.53 Å². The van der Waals surface area contributed by atoms with Crippen molar-refractivity contribution in [3.63, 3.8) is 0 Å². The van der Waals surface area contributed by atoms with Crippen molar-refractivity contribution in [2.45, 2.75) is 13.8 Å². The fraction of sp³-hybridized carbons (Fsp3) is 0.176. The number of aromatic nitrogens is 4. The largest absolute Gasteiger partial charge is 0.462 e. The van der Waals surface area contributed by atoms with Crippen LogP contribution in [-0.2, 0) is 4.74 Å². The van der Waals surface area contributed by atoms with Gasteiger partial charge in [0.05, 0.1) is 12.0 Å². The SMILES string of the molecule is CCOC(=O)c1sc2ncn3nc(-c4ccccc4)nc3c2c1C. The van der Waals surface area contributed by atoms with Gasteiger partial charge in [-0.25, -0.2) is 19.3 Å². The zero-order valence-corrected chi connectivity index (χ0v) is 14.0. The minimum absolute atomic E-state index is 0.320. The minimum Gasteiger partial charge on any atom is -0.462 e. The topological polar surface area (TPSA) is 69.4 Å². The Bertz CT molecular complexity index is 1050. The molecule has 0 unspecified atom stereocenters. The number of esters is 1. The molecule has 0 aliphatic heterocycles. The van der Waals surface area contributed by atoms with Crippen molar-refractivity contribution in [2.75, 3.05) is 6.61 Å². The van der Waals surface area contributed by atoms with E-state index in [1.165, 1.54) is 11.3 Å². The van der Waals surface area contributed by atoms with E-state index in [1.807, 2.05) is 37.3 Å². The monoisotopic (exact) mass is 338 g/mol. The summed E-state index contributed by atoms with van der Waals surface area (Å²) in [5.41, 5.74) is 2.47. The summed E-state index contributed by atoms with van der Waals surface area (Å²) < 4.78 is 6.78. The van der Waals surface area contributed by atoms with E-state index >= 15 is 0 Å². The third kappa shape index (κ3) is 2.25. The zero-order chi connectivity index (χ0) is 16.7. The molecule has 0 saturated carbocycles. The van der Waals surface area contributed by atoms with Crippen LogP contribution in [0.2, 0.25) is 0 Å². The van der Waals surface area contributed by atoms with Gasteiger partial charge in [-0.3, -0.25) is 0 Å². The molecular formula is C17H14N4O2S. The standard InChI is InChI=1S/C17H14N4O2S/c1-3-23-17(22)13-10(2)12-15-19-14(11-7-5-4-6-8-11)20-21(15)9-18-16(12)24-13/h4-9H,3H2,1-2H3. The van der Waals surface area contributed by atoms with Crippen molar-refractivity contribution in [3.8, 4) is 11.4 Å². The van der Waals surface area contributed by atoms with Gasteiger partial charge in [0.15, 0.2) is 11.5 Å². The van der Waals surface area contributed by atoms with Crippen LogP contribution in [-0.4, -0.2) is 32.2 Å². The average Bonchev–Trinajstić information content (AvgIpc) is 3.17. The molecule has 120 valence electrons. The molecule has 24 heavy (non-hydrogen) atoms. The molecule has 0 atom stereocenters. The van der Waals surface area contributed by atoms with Crippen molar-refractivity contribution >= 4 is 33.2 Å². The molecule has 3 aromatic heterocycles. The number of hydrogen-bond donors (Lipinski definition) is 0. The van der Waals surface area contributed by atoms with E-state index in [-0.39, 0.29) is 5.97 Å². The maximum absolute atomic E-state index is 12.1. The van der Waals surface area contributed by atoms with Gasteiger partial charge in [0.2, 0.25) is 0 Å². The fourth-order valence-electron chi connectivity index (χ4n) is 2.63. The summed E-state index contributed by atoms with van der Waals surface area (Å²) in [7, 11) is 0. The Morgan fingerprint density at radius 1 is 1.29 bits per heavy atom. The lowest BCUT2D eigenvalue weighted by Crippen LogP contribution is -2.03. The molecule has 7 heteroatoms. The van der Waals surface area contributed by atoms with Crippen LogP contribution in [0.1, 0.15) is 22.2 Å². The lowest BCUT2D eigenvalue weighted by atomic mass is 10.2. The lowest BCUT2D eigenvalue weighted by molar-refractivity contribution is 0.0531. The van der Waals surface area contributed by atoms with E-state index in [0.29, 0.717) is 23.0 Å². The van der Waals surface area contributed by atoms with E-state index in [1.54, 1.807) is 17.8 Å². The molecule has 0 fully saturated rings. The van der Waals surface area contributed by atoms with Crippen molar-refractivity contribution in [1.29, 1.82) is 0 Å². The normalized spacial score (nSPS) is 11.2. The Labute approximate surface area is 141 Å². The Balaban J connectivity index is 1.94. The first-order valence-electron chi connectivity index (χ1n) is 7.56. The maximum Gasteiger partial charge on any atom is 0.348 e. The van der Waals surface area contributed by atoms with E-state index in [2.05, 4.69) is 15.1 Å². The van der Waals surface area contributed by atoms with Gasteiger partial charge in [0.25, 0.3) is 0 Å². The number of ether oxygens (including phenoxy) is 1. The number of fused-ring (bicyclic) bond motifs is 3. The number of hydrogen-bond acceptors (Lipinski definition) is 6. The number of nitrogens with zero attached hydrogens (tertiary/aromatic N) is 4. The fourth-order valence-corrected chi connectivity index (χ4v) is 3.67. The van der Waals surface area contributed by atoms with Crippen LogP contribution in [0.25, 0.3) is 27.3 Å². The molecule has 0 spiro atoms. The van der Waals surface area contributed by atoms with Crippen LogP contribution in [0.3, 0.4) is 0 Å². The van der Waals surface area contributed by atoms with Crippen LogP contribution < -0.4 is 0 Å². The molecule has 0 bridgehead atoms. The molecule has 0 N–H and O–H groups in total. The van der Waals surface area contributed by atoms with Crippen LogP contribution in [0.4, 0.5) is 0 Å². The second-order valence-electron chi connectivity index (χ2n) is 5.27. The van der Waals surface area contributed by atoms with Gasteiger partial charge in [0.1, 0.15) is 16.0 Å². The number of carbonyl (C=O) groups is 1. The summed E-state index contributed by atoms with van der Waals surface area (Å²) >= 11 is 1.33. The van der Waals surface area contributed by atoms with E-state index < -0.39 is 0 Å². The number of thiophene rings is 1. The molecule has 0 radical (unpaired) electrons. The van der Waals surface area contributed by atoms with Gasteiger partial charge in [-0.05, 0) is 19.4 Å². The van der Waals surface area contributed by atoms with Gasteiger partial charge in [-0.15, -0.1) is 16.4 Å². The Morgan fingerprint density at radius 2 is 2.08 bits per heavy atom. The van der Waals surface area contributed by atoms with Crippen LogP contribution in [0, 0.1) is 6.92 Å². The molecule has 4 rings (SSSR count). The summed E-state index contributed by atoms with van der Waals surface area (Å²) in [6.45, 7) is 4.03. The quantitative estimate of drug-likeness (QED) is 0.535. The molecular weight excluding hydrogens is 324 g/mol. The smallest absolute Gasteiger partial charge is 0.348 e. The predicted octanol–water partition coefficient (Wildman–Crippen LogP) is 3.49. The molecule has 0 saturated heterocycles. The van der Waals surface area contributed by atoms with Gasteiger partial charge >= 0.3 is 5.97 Å². The number of benzene rings is 1. The van der Waals surface area contributed by atoms with Crippen molar-refractivity contribution in [1.82, 2.24) is 19.6 Å². The second kappa shape index (κ2) is 5.68. The molecule has 1 aromatic carbocycles. The Hall–Kier alpha value is -2.80. The summed E-state index contributed by atoms with van der Waals surface area (Å²) in [6.07, 6.45) is 1.63. The maximum atomic E-state index is 12.1. The first-order valence-corrected chi connectivity index (χ1v) is 8.37. The van der Waals surface area contributed by atoms with E-state index in [4.69, 9.17) is 4.74 Å². The highest BCUT2D eigenvalue weighted by atomic mass is 32.1. The Morgan fingerprint density at radius 3 is 2.83 bits per heavy atom. The average molecular weight is 338 g/mol. The highest BCUT2D eigenvalue weighted by Crippen LogP contribution is 2.32. The molecule has 0 aliphatic rings. The van der Waals surface area contributed by atoms with Crippen LogP contribution in [0.15, 0.2) is 36.7 Å². The van der Waals surface area contributed by atoms with Gasteiger partial charge in [0, 0.05) is 5.56 Å². The van der Waals surface area contributed by atoms with Crippen molar-refractivity contribution in [3.05, 3.63) is 47.1 Å². The molecule has 3 heterocycles. The van der Waals surface area contributed by atoms with E-state index in [0.717, 1.165) is 21.3 Å². The third-order valence-corrected chi connectivity index (χ3v) is 4.94. The molecule has 6 nitrogen and oxygen atoms in total. The van der Waals surface area contributed by atoms with Gasteiger partial charge in [-0.2, -0.15) is 0 Å². The molecule has 0 aliphatic carbocycles. The zero-order valence-electron chi connectivity index (χ0n) is 13.2. The first kappa shape index (κ1) is 14.8. The summed E-state index contributed by atoms with van der Waals surface area (Å²) in [4.78, 5) is 22.5. The molecule has 0 amide bonds. The number of aryl methyl sites for hydroxylation is 1. The van der Waals surface area contributed by atoms with Crippen molar-refractivity contribution in [2.24, 2.45) is 0 Å². The highest BCUT2D eigenvalue weighted by molar-refractivity contribution is 7.20.